The van der Waals surface area contributed by atoms with Crippen molar-refractivity contribution in [1.82, 2.24) is 0 Å². The number of hydrogen-bond acceptors (Lipinski definition) is 2. The van der Waals surface area contributed by atoms with Crippen LogP contribution in [0.5, 0.6) is 0 Å². The molecule has 86 valence electrons. The van der Waals surface area contributed by atoms with Gasteiger partial charge in [-0.1, -0.05) is 6.07 Å². The molecule has 0 heterocycles. The number of carboxylic acid groups (broad SMARTS) is 1. The Morgan fingerprint density at radius 1 is 1.56 bits per heavy atom. The summed E-state index contributed by atoms with van der Waals surface area (Å²) in [4.78, 5) is 11.3. The van der Waals surface area contributed by atoms with Crippen LogP contribution in [0.25, 0.3) is 0 Å². The molecule has 0 radical (unpaired) electrons. The van der Waals surface area contributed by atoms with Crippen molar-refractivity contribution in [2.75, 3.05) is 7.11 Å². The van der Waals surface area contributed by atoms with Gasteiger partial charge in [0.2, 0.25) is 0 Å². The second kappa shape index (κ2) is 3.87. The van der Waals surface area contributed by atoms with E-state index in [1.54, 1.807) is 0 Å². The standard InChI is InChI=1S/C12H13FO3/c1-16-12(11(14)15)6-2-3-8-7-9(13)4-5-10(8)12/h4-5,7H,2-3,6H2,1H3,(H,14,15). The van der Waals surface area contributed by atoms with Crippen molar-refractivity contribution in [3.8, 4) is 0 Å². The van der Waals surface area contributed by atoms with E-state index < -0.39 is 11.6 Å². The molecule has 1 aliphatic rings. The van der Waals surface area contributed by atoms with Crippen LogP contribution in [0.1, 0.15) is 24.0 Å². The maximum atomic E-state index is 13.1. The zero-order chi connectivity index (χ0) is 11.8. The molecule has 1 aliphatic carbocycles. The van der Waals surface area contributed by atoms with Crippen LogP contribution in [0, 0.1) is 5.82 Å². The zero-order valence-corrected chi connectivity index (χ0v) is 9.00. The SMILES string of the molecule is COC1(C(=O)O)CCCc2cc(F)ccc21. The molecule has 3 nitrogen and oxygen atoms in total. The van der Waals surface area contributed by atoms with Gasteiger partial charge in [-0.3, -0.25) is 0 Å². The third-order valence-electron chi connectivity index (χ3n) is 3.17. The largest absolute Gasteiger partial charge is 0.479 e. The number of carboxylic acids is 1. The molecular formula is C12H13FO3. The van der Waals surface area contributed by atoms with E-state index in [4.69, 9.17) is 4.74 Å². The molecule has 0 spiro atoms. The van der Waals surface area contributed by atoms with Gasteiger partial charge in [-0.25, -0.2) is 9.18 Å². The van der Waals surface area contributed by atoms with E-state index in [0.717, 1.165) is 5.56 Å². The van der Waals surface area contributed by atoms with Crippen molar-refractivity contribution < 1.29 is 19.0 Å². The van der Waals surface area contributed by atoms with E-state index in [2.05, 4.69) is 0 Å². The van der Waals surface area contributed by atoms with Gasteiger partial charge in [0.05, 0.1) is 0 Å². The summed E-state index contributed by atoms with van der Waals surface area (Å²) in [6, 6.07) is 4.19. The van der Waals surface area contributed by atoms with Crippen molar-refractivity contribution in [3.05, 3.63) is 35.1 Å². The first-order valence-corrected chi connectivity index (χ1v) is 5.17. The van der Waals surface area contributed by atoms with E-state index in [0.29, 0.717) is 24.8 Å². The Hall–Kier alpha value is -1.42. The Balaban J connectivity index is 2.58. The summed E-state index contributed by atoms with van der Waals surface area (Å²) in [6.45, 7) is 0. The van der Waals surface area contributed by atoms with Crippen LogP contribution in [0.2, 0.25) is 0 Å². The number of methoxy groups -OCH3 is 1. The highest BCUT2D eigenvalue weighted by Gasteiger charge is 2.43. The number of rotatable bonds is 2. The van der Waals surface area contributed by atoms with Gasteiger partial charge in [0.25, 0.3) is 0 Å². The highest BCUT2D eigenvalue weighted by molar-refractivity contribution is 5.80. The molecule has 1 aromatic rings. The van der Waals surface area contributed by atoms with Gasteiger partial charge < -0.3 is 9.84 Å². The number of hydrogen-bond donors (Lipinski definition) is 1. The first-order valence-electron chi connectivity index (χ1n) is 5.17. The number of halogens is 1. The molecular weight excluding hydrogens is 211 g/mol. The molecule has 2 rings (SSSR count). The van der Waals surface area contributed by atoms with Crippen LogP contribution < -0.4 is 0 Å². The maximum absolute atomic E-state index is 13.1. The Morgan fingerprint density at radius 3 is 2.94 bits per heavy atom. The smallest absolute Gasteiger partial charge is 0.340 e. The maximum Gasteiger partial charge on any atom is 0.340 e. The number of benzene rings is 1. The van der Waals surface area contributed by atoms with E-state index in [1.807, 2.05) is 0 Å². The number of aryl methyl sites for hydroxylation is 1. The lowest BCUT2D eigenvalue weighted by atomic mass is 9.79. The molecule has 0 aliphatic heterocycles. The Bertz CT molecular complexity index is 430. The molecule has 16 heavy (non-hydrogen) atoms. The normalized spacial score (nSPS) is 23.9. The third kappa shape index (κ3) is 1.50. The van der Waals surface area contributed by atoms with Crippen molar-refractivity contribution in [3.63, 3.8) is 0 Å². The number of ether oxygens (including phenoxy) is 1. The zero-order valence-electron chi connectivity index (χ0n) is 9.00. The van der Waals surface area contributed by atoms with Crippen LogP contribution in [-0.4, -0.2) is 18.2 Å². The lowest BCUT2D eigenvalue weighted by molar-refractivity contribution is -0.165. The molecule has 0 fully saturated rings. The van der Waals surface area contributed by atoms with Crippen molar-refractivity contribution in [2.45, 2.75) is 24.9 Å². The minimum absolute atomic E-state index is 0.337. The van der Waals surface area contributed by atoms with Crippen LogP contribution in [0.4, 0.5) is 4.39 Å². The molecule has 0 amide bonds. The van der Waals surface area contributed by atoms with Crippen LogP contribution in [-0.2, 0) is 21.6 Å². The second-order valence-corrected chi connectivity index (χ2v) is 3.99. The summed E-state index contributed by atoms with van der Waals surface area (Å²) in [6.07, 6.45) is 1.82. The fraction of sp³-hybridized carbons (Fsp3) is 0.417. The average molecular weight is 224 g/mol. The predicted octanol–water partition coefficient (Wildman–Crippen LogP) is 2.09. The fourth-order valence-electron chi connectivity index (χ4n) is 2.35. The molecule has 1 aromatic carbocycles. The van der Waals surface area contributed by atoms with E-state index in [-0.39, 0.29) is 5.82 Å². The minimum Gasteiger partial charge on any atom is -0.479 e. The van der Waals surface area contributed by atoms with Crippen LogP contribution in [0.3, 0.4) is 0 Å². The lowest BCUT2D eigenvalue weighted by Crippen LogP contribution is -2.40. The summed E-state index contributed by atoms with van der Waals surface area (Å²) in [5.74, 6) is -1.35. The Labute approximate surface area is 92.9 Å². The van der Waals surface area contributed by atoms with Gasteiger partial charge in [0.15, 0.2) is 5.60 Å². The van der Waals surface area contributed by atoms with Crippen molar-refractivity contribution in [2.24, 2.45) is 0 Å². The monoisotopic (exact) mass is 224 g/mol. The molecule has 0 saturated heterocycles. The predicted molar refractivity (Wildman–Crippen MR) is 55.7 cm³/mol. The van der Waals surface area contributed by atoms with Crippen LogP contribution in [0.15, 0.2) is 18.2 Å². The minimum atomic E-state index is -1.30. The van der Waals surface area contributed by atoms with Gasteiger partial charge in [0.1, 0.15) is 5.82 Å². The first kappa shape index (κ1) is 11.1. The molecule has 0 aromatic heterocycles. The summed E-state index contributed by atoms with van der Waals surface area (Å²) >= 11 is 0. The fourth-order valence-corrected chi connectivity index (χ4v) is 2.35. The topological polar surface area (TPSA) is 46.5 Å². The van der Waals surface area contributed by atoms with Gasteiger partial charge in [0, 0.05) is 7.11 Å². The number of carbonyl (C=O) groups is 1. The average Bonchev–Trinajstić information content (AvgIpc) is 2.27. The van der Waals surface area contributed by atoms with Crippen molar-refractivity contribution in [1.29, 1.82) is 0 Å². The Morgan fingerprint density at radius 2 is 2.31 bits per heavy atom. The van der Waals surface area contributed by atoms with E-state index in [9.17, 15) is 14.3 Å². The summed E-state index contributed by atoms with van der Waals surface area (Å²) in [7, 11) is 1.38. The number of fused-ring (bicyclic) bond motifs is 1. The Kier molecular flexibility index (Phi) is 2.68. The molecule has 1 N–H and O–H groups in total. The summed E-state index contributed by atoms with van der Waals surface area (Å²) in [5.41, 5.74) is 0.00650. The molecule has 0 bridgehead atoms. The van der Waals surface area contributed by atoms with Crippen LogP contribution >= 0.6 is 0 Å². The number of aliphatic carboxylic acids is 1. The van der Waals surface area contributed by atoms with Gasteiger partial charge in [-0.05, 0) is 42.5 Å². The van der Waals surface area contributed by atoms with Crippen molar-refractivity contribution >= 4 is 5.97 Å². The van der Waals surface area contributed by atoms with Gasteiger partial charge in [-0.15, -0.1) is 0 Å². The molecule has 0 saturated carbocycles. The summed E-state index contributed by atoms with van der Waals surface area (Å²) < 4.78 is 18.2. The van der Waals surface area contributed by atoms with E-state index >= 15 is 0 Å². The quantitative estimate of drug-likeness (QED) is 0.836. The summed E-state index contributed by atoms with van der Waals surface area (Å²) in [5, 5.41) is 9.29. The van der Waals surface area contributed by atoms with Gasteiger partial charge in [-0.2, -0.15) is 0 Å². The highest BCUT2D eigenvalue weighted by atomic mass is 19.1. The lowest BCUT2D eigenvalue weighted by Gasteiger charge is -2.34. The molecule has 4 heteroatoms. The van der Waals surface area contributed by atoms with E-state index in [1.165, 1.54) is 25.3 Å². The highest BCUT2D eigenvalue weighted by Crippen LogP contribution is 2.38. The molecule has 1 atom stereocenters. The second-order valence-electron chi connectivity index (χ2n) is 3.99. The third-order valence-corrected chi connectivity index (χ3v) is 3.17. The van der Waals surface area contributed by atoms with Gasteiger partial charge >= 0.3 is 5.97 Å². The molecule has 1 unspecified atom stereocenters. The first-order chi connectivity index (χ1) is 7.60.